The van der Waals surface area contributed by atoms with Gasteiger partial charge in [-0.3, -0.25) is 14.5 Å². The van der Waals surface area contributed by atoms with E-state index < -0.39 is 12.1 Å². The first kappa shape index (κ1) is 17.0. The van der Waals surface area contributed by atoms with Crippen LogP contribution in [0.4, 0.5) is 10.5 Å². The maximum Gasteiger partial charge on any atom is 0.325 e. The minimum Gasteiger partial charge on any atom is -0.326 e. The maximum absolute atomic E-state index is 12.5. The van der Waals surface area contributed by atoms with E-state index >= 15 is 0 Å². The van der Waals surface area contributed by atoms with Gasteiger partial charge in [0.1, 0.15) is 12.6 Å². The van der Waals surface area contributed by atoms with Gasteiger partial charge in [-0.2, -0.15) is 0 Å². The predicted octanol–water partition coefficient (Wildman–Crippen LogP) is 2.01. The Kier molecular flexibility index (Phi) is 5.36. The third-order valence-corrected chi connectivity index (χ3v) is 3.79. The minimum absolute atomic E-state index is 0.234. The molecule has 0 unspecified atom stereocenters. The van der Waals surface area contributed by atoms with Crippen LogP contribution in [-0.4, -0.2) is 41.9 Å². The average molecular weight is 317 g/mol. The van der Waals surface area contributed by atoms with Crippen LogP contribution in [0.15, 0.2) is 30.3 Å². The molecule has 4 amide bonds. The molecule has 1 aliphatic heterocycles. The molecule has 0 aliphatic carbocycles. The van der Waals surface area contributed by atoms with Gasteiger partial charge in [0.2, 0.25) is 5.91 Å². The number of rotatable bonds is 6. The fourth-order valence-corrected chi connectivity index (χ4v) is 2.69. The molecule has 1 atom stereocenters. The van der Waals surface area contributed by atoms with Crippen molar-refractivity contribution in [2.75, 3.05) is 18.0 Å². The van der Waals surface area contributed by atoms with Gasteiger partial charge in [-0.15, -0.1) is 0 Å². The second-order valence-corrected chi connectivity index (χ2v) is 6.03. The van der Waals surface area contributed by atoms with E-state index in [0.717, 1.165) is 10.6 Å². The lowest BCUT2D eigenvalue weighted by Gasteiger charge is -2.23. The Bertz CT molecular complexity index is 586. The van der Waals surface area contributed by atoms with Crippen LogP contribution in [0, 0.1) is 5.92 Å². The van der Waals surface area contributed by atoms with E-state index in [1.165, 1.54) is 0 Å². The largest absolute Gasteiger partial charge is 0.326 e. The van der Waals surface area contributed by atoms with Crippen molar-refractivity contribution in [2.24, 2.45) is 5.92 Å². The lowest BCUT2D eigenvalue weighted by molar-refractivity contribution is -0.131. The van der Waals surface area contributed by atoms with Gasteiger partial charge in [0, 0.05) is 12.2 Å². The molecule has 1 N–H and O–H groups in total. The highest BCUT2D eigenvalue weighted by Crippen LogP contribution is 2.17. The molecule has 6 nitrogen and oxygen atoms in total. The molecule has 2 rings (SSSR count). The Morgan fingerprint density at radius 3 is 2.48 bits per heavy atom. The van der Waals surface area contributed by atoms with E-state index in [1.807, 2.05) is 51.1 Å². The highest BCUT2D eigenvalue weighted by Gasteiger charge is 2.39. The number of para-hydroxylation sites is 1. The van der Waals surface area contributed by atoms with Gasteiger partial charge >= 0.3 is 6.03 Å². The highest BCUT2D eigenvalue weighted by molar-refractivity contribution is 6.08. The Morgan fingerprint density at radius 2 is 1.91 bits per heavy atom. The Morgan fingerprint density at radius 1 is 1.26 bits per heavy atom. The van der Waals surface area contributed by atoms with Crippen molar-refractivity contribution in [3.63, 3.8) is 0 Å². The molecule has 0 aromatic heterocycles. The quantitative estimate of drug-likeness (QED) is 0.816. The summed E-state index contributed by atoms with van der Waals surface area (Å²) in [5.41, 5.74) is 0.755. The summed E-state index contributed by atoms with van der Waals surface area (Å²) < 4.78 is 0. The normalized spacial score (nSPS) is 17.6. The van der Waals surface area contributed by atoms with Crippen LogP contribution in [0.5, 0.6) is 0 Å². The molecule has 0 saturated carbocycles. The van der Waals surface area contributed by atoms with Crippen LogP contribution in [0.2, 0.25) is 0 Å². The number of likely N-dealkylation sites (N-methyl/N-ethyl adjacent to an activating group) is 1. The van der Waals surface area contributed by atoms with Crippen LogP contribution in [0.3, 0.4) is 0 Å². The van der Waals surface area contributed by atoms with Crippen LogP contribution in [0.1, 0.15) is 27.2 Å². The topological polar surface area (TPSA) is 69.7 Å². The number of carbonyl (C=O) groups excluding carboxylic acids is 3. The number of amides is 4. The fourth-order valence-electron chi connectivity index (χ4n) is 2.69. The summed E-state index contributed by atoms with van der Waals surface area (Å²) >= 11 is 0. The molecular weight excluding hydrogens is 294 g/mol. The van der Waals surface area contributed by atoms with Gasteiger partial charge in [0.05, 0.1) is 0 Å². The lowest BCUT2D eigenvalue weighted by atomic mass is 10.0. The molecule has 1 aromatic rings. The van der Waals surface area contributed by atoms with Crippen molar-refractivity contribution in [3.8, 4) is 0 Å². The smallest absolute Gasteiger partial charge is 0.325 e. The SMILES string of the molecule is CCN(C(=O)CN1C(=O)N[C@@H](CC(C)C)C1=O)c1ccccc1. The van der Waals surface area contributed by atoms with Crippen molar-refractivity contribution in [3.05, 3.63) is 30.3 Å². The van der Waals surface area contributed by atoms with Crippen molar-refractivity contribution < 1.29 is 14.4 Å². The molecule has 23 heavy (non-hydrogen) atoms. The van der Waals surface area contributed by atoms with Gasteiger partial charge < -0.3 is 10.2 Å². The number of benzene rings is 1. The summed E-state index contributed by atoms with van der Waals surface area (Å²) in [6, 6.07) is 8.20. The van der Waals surface area contributed by atoms with E-state index in [1.54, 1.807) is 4.90 Å². The van der Waals surface area contributed by atoms with Crippen molar-refractivity contribution in [1.29, 1.82) is 0 Å². The van der Waals surface area contributed by atoms with Crippen LogP contribution in [-0.2, 0) is 9.59 Å². The van der Waals surface area contributed by atoms with Gasteiger partial charge in [-0.05, 0) is 31.4 Å². The van der Waals surface area contributed by atoms with Crippen molar-refractivity contribution in [1.82, 2.24) is 10.2 Å². The van der Waals surface area contributed by atoms with Gasteiger partial charge in [-0.1, -0.05) is 32.0 Å². The molecule has 6 heteroatoms. The van der Waals surface area contributed by atoms with E-state index in [0.29, 0.717) is 13.0 Å². The first-order chi connectivity index (χ1) is 10.9. The number of hydrogen-bond donors (Lipinski definition) is 1. The first-order valence-electron chi connectivity index (χ1n) is 7.91. The summed E-state index contributed by atoms with van der Waals surface area (Å²) in [6.07, 6.45) is 0.575. The molecule has 0 spiro atoms. The van der Waals surface area contributed by atoms with E-state index in [9.17, 15) is 14.4 Å². The summed E-state index contributed by atoms with van der Waals surface area (Å²) in [5.74, 6) is -0.301. The number of carbonyl (C=O) groups is 3. The molecule has 1 aromatic carbocycles. The Labute approximate surface area is 136 Å². The van der Waals surface area contributed by atoms with E-state index in [2.05, 4.69) is 5.32 Å². The molecular formula is C17H23N3O3. The van der Waals surface area contributed by atoms with Crippen molar-refractivity contribution >= 4 is 23.5 Å². The lowest BCUT2D eigenvalue weighted by Crippen LogP contribution is -2.43. The van der Waals surface area contributed by atoms with E-state index in [-0.39, 0.29) is 24.3 Å². The third-order valence-electron chi connectivity index (χ3n) is 3.79. The third kappa shape index (κ3) is 3.88. The maximum atomic E-state index is 12.5. The summed E-state index contributed by atoms with van der Waals surface area (Å²) in [5, 5.41) is 2.65. The molecule has 1 heterocycles. The number of urea groups is 1. The summed E-state index contributed by atoms with van der Waals surface area (Å²) in [4.78, 5) is 39.4. The van der Waals surface area contributed by atoms with E-state index in [4.69, 9.17) is 0 Å². The zero-order valence-electron chi connectivity index (χ0n) is 13.8. The Balaban J connectivity index is 2.07. The number of hydrogen-bond acceptors (Lipinski definition) is 3. The van der Waals surface area contributed by atoms with Gasteiger partial charge in [-0.25, -0.2) is 4.79 Å². The monoisotopic (exact) mass is 317 g/mol. The Hall–Kier alpha value is -2.37. The first-order valence-corrected chi connectivity index (χ1v) is 7.91. The van der Waals surface area contributed by atoms with Crippen LogP contribution >= 0.6 is 0 Å². The number of nitrogens with zero attached hydrogens (tertiary/aromatic N) is 2. The zero-order valence-corrected chi connectivity index (χ0v) is 13.8. The number of imide groups is 1. The van der Waals surface area contributed by atoms with Crippen LogP contribution in [0.25, 0.3) is 0 Å². The number of nitrogens with one attached hydrogen (secondary N) is 1. The minimum atomic E-state index is -0.526. The average Bonchev–Trinajstić information content (AvgIpc) is 2.76. The standard InChI is InChI=1S/C17H23N3O3/c1-4-19(13-8-6-5-7-9-13)15(21)11-20-16(22)14(10-12(2)3)18-17(20)23/h5-9,12,14H,4,10-11H2,1-3H3,(H,18,23)/t14-/m0/s1. The molecule has 0 bridgehead atoms. The second-order valence-electron chi connectivity index (χ2n) is 6.03. The van der Waals surface area contributed by atoms with Crippen LogP contribution < -0.4 is 10.2 Å². The van der Waals surface area contributed by atoms with Gasteiger partial charge in [0.15, 0.2) is 0 Å². The molecule has 1 saturated heterocycles. The molecule has 1 fully saturated rings. The molecule has 1 aliphatic rings. The summed E-state index contributed by atoms with van der Waals surface area (Å²) in [6.45, 7) is 6.07. The zero-order chi connectivity index (χ0) is 17.0. The van der Waals surface area contributed by atoms with Crippen molar-refractivity contribution in [2.45, 2.75) is 33.2 Å². The van der Waals surface area contributed by atoms with Gasteiger partial charge in [0.25, 0.3) is 5.91 Å². The molecule has 124 valence electrons. The second kappa shape index (κ2) is 7.26. The highest BCUT2D eigenvalue weighted by atomic mass is 16.2. The number of anilines is 1. The molecule has 0 radical (unpaired) electrons. The predicted molar refractivity (Wildman–Crippen MR) is 88.0 cm³/mol. The summed E-state index contributed by atoms with van der Waals surface area (Å²) in [7, 11) is 0. The fraction of sp³-hybridized carbons (Fsp3) is 0.471.